The van der Waals surface area contributed by atoms with E-state index in [9.17, 15) is 9.90 Å². The van der Waals surface area contributed by atoms with Crippen LogP contribution in [-0.4, -0.2) is 30.8 Å². The third-order valence-corrected chi connectivity index (χ3v) is 4.95. The van der Waals surface area contributed by atoms with Crippen molar-refractivity contribution < 1.29 is 9.90 Å². The first-order valence-electron chi connectivity index (χ1n) is 10.3. The second kappa shape index (κ2) is 9.96. The highest BCUT2D eigenvalue weighted by atomic mass is 16.4. The van der Waals surface area contributed by atoms with Gasteiger partial charge in [0.2, 0.25) is 0 Å². The van der Waals surface area contributed by atoms with Crippen LogP contribution in [0.25, 0.3) is 11.1 Å². The zero-order chi connectivity index (χ0) is 20.6. The zero-order valence-corrected chi connectivity index (χ0v) is 17.1. The van der Waals surface area contributed by atoms with Crippen molar-refractivity contribution in [2.45, 2.75) is 58.9 Å². The van der Waals surface area contributed by atoms with Gasteiger partial charge in [-0.25, -0.2) is 14.5 Å². The van der Waals surface area contributed by atoms with Crippen LogP contribution in [0.2, 0.25) is 0 Å². The second-order valence-electron chi connectivity index (χ2n) is 7.23. The number of aromatic carboxylic acids is 1. The van der Waals surface area contributed by atoms with Crippen molar-refractivity contribution in [3.05, 3.63) is 65.5 Å². The standard InChI is InChI=1S/C23H28N4O2/c1-3-5-7-21-25-22(8-6-4-2)27(26-21)16-17-9-11-18(12-10-17)20-15-24-14-13-19(20)23(28)29/h9-15H,3-8,16H2,1-2H3,(H,28,29). The van der Waals surface area contributed by atoms with Gasteiger partial charge in [0.1, 0.15) is 5.82 Å². The van der Waals surface area contributed by atoms with Crippen LogP contribution in [0.3, 0.4) is 0 Å². The molecule has 0 radical (unpaired) electrons. The molecule has 0 aliphatic carbocycles. The molecule has 29 heavy (non-hydrogen) atoms. The van der Waals surface area contributed by atoms with Gasteiger partial charge in [-0.3, -0.25) is 4.98 Å². The zero-order valence-electron chi connectivity index (χ0n) is 17.1. The average molecular weight is 393 g/mol. The van der Waals surface area contributed by atoms with Gasteiger partial charge in [0.25, 0.3) is 0 Å². The lowest BCUT2D eigenvalue weighted by Gasteiger charge is -2.08. The fourth-order valence-corrected chi connectivity index (χ4v) is 3.29. The molecule has 0 aliphatic heterocycles. The summed E-state index contributed by atoms with van der Waals surface area (Å²) in [6.07, 6.45) is 9.41. The lowest BCUT2D eigenvalue weighted by atomic mass is 10.0. The van der Waals surface area contributed by atoms with E-state index in [0.29, 0.717) is 12.1 Å². The molecule has 152 valence electrons. The molecule has 0 saturated carbocycles. The number of aryl methyl sites for hydroxylation is 2. The van der Waals surface area contributed by atoms with Crippen LogP contribution in [0.4, 0.5) is 0 Å². The molecular weight excluding hydrogens is 364 g/mol. The maximum atomic E-state index is 11.5. The van der Waals surface area contributed by atoms with Crippen LogP contribution >= 0.6 is 0 Å². The van der Waals surface area contributed by atoms with Gasteiger partial charge in [-0.15, -0.1) is 0 Å². The minimum absolute atomic E-state index is 0.256. The monoisotopic (exact) mass is 392 g/mol. The SMILES string of the molecule is CCCCc1nc(CCCC)n(Cc2ccc(-c3cnccc3C(=O)O)cc2)n1. The molecule has 1 N–H and O–H groups in total. The molecule has 0 saturated heterocycles. The predicted molar refractivity (Wildman–Crippen MR) is 113 cm³/mol. The third-order valence-electron chi connectivity index (χ3n) is 4.95. The molecular formula is C23H28N4O2. The number of carbonyl (C=O) groups is 1. The minimum atomic E-state index is -0.950. The Labute approximate surface area is 171 Å². The van der Waals surface area contributed by atoms with E-state index in [2.05, 4.69) is 18.8 Å². The van der Waals surface area contributed by atoms with Crippen LogP contribution in [0.15, 0.2) is 42.7 Å². The summed E-state index contributed by atoms with van der Waals surface area (Å²) in [5.41, 5.74) is 2.83. The number of carboxylic acids is 1. The minimum Gasteiger partial charge on any atom is -0.478 e. The van der Waals surface area contributed by atoms with Crippen molar-refractivity contribution in [2.75, 3.05) is 0 Å². The fraction of sp³-hybridized carbons (Fsp3) is 0.391. The average Bonchev–Trinajstić information content (AvgIpc) is 3.12. The molecule has 0 aliphatic rings. The van der Waals surface area contributed by atoms with Crippen molar-refractivity contribution in [1.82, 2.24) is 19.7 Å². The molecule has 0 bridgehead atoms. The maximum absolute atomic E-state index is 11.5. The molecule has 0 fully saturated rings. The molecule has 6 nitrogen and oxygen atoms in total. The van der Waals surface area contributed by atoms with Crippen molar-refractivity contribution in [1.29, 1.82) is 0 Å². The number of aromatic nitrogens is 4. The van der Waals surface area contributed by atoms with Gasteiger partial charge in [0.15, 0.2) is 5.82 Å². The first-order chi connectivity index (χ1) is 14.1. The predicted octanol–water partition coefficient (Wildman–Crippen LogP) is 4.77. The Bertz CT molecular complexity index is 948. The van der Waals surface area contributed by atoms with E-state index in [1.54, 1.807) is 6.20 Å². The lowest BCUT2D eigenvalue weighted by molar-refractivity contribution is 0.0697. The molecule has 2 heterocycles. The number of pyridine rings is 1. The van der Waals surface area contributed by atoms with Crippen LogP contribution in [0.5, 0.6) is 0 Å². The van der Waals surface area contributed by atoms with Gasteiger partial charge in [0, 0.05) is 30.8 Å². The summed E-state index contributed by atoms with van der Waals surface area (Å²) in [5, 5.41) is 14.1. The van der Waals surface area contributed by atoms with E-state index >= 15 is 0 Å². The van der Waals surface area contributed by atoms with Crippen LogP contribution in [0, 0.1) is 0 Å². The number of nitrogens with zero attached hydrogens (tertiary/aromatic N) is 4. The summed E-state index contributed by atoms with van der Waals surface area (Å²) in [6.45, 7) is 5.02. The highest BCUT2D eigenvalue weighted by molar-refractivity contribution is 5.95. The van der Waals surface area contributed by atoms with Crippen molar-refractivity contribution in [3.8, 4) is 11.1 Å². The van der Waals surface area contributed by atoms with Gasteiger partial charge < -0.3 is 5.11 Å². The molecule has 2 aromatic heterocycles. The van der Waals surface area contributed by atoms with Gasteiger partial charge in [-0.1, -0.05) is 51.0 Å². The first-order valence-corrected chi connectivity index (χ1v) is 10.3. The van der Waals surface area contributed by atoms with Crippen LogP contribution < -0.4 is 0 Å². The van der Waals surface area contributed by atoms with E-state index in [0.717, 1.165) is 61.3 Å². The number of hydrogen-bond acceptors (Lipinski definition) is 4. The summed E-state index contributed by atoms with van der Waals surface area (Å²) in [4.78, 5) is 20.3. The largest absolute Gasteiger partial charge is 0.478 e. The number of rotatable bonds is 10. The summed E-state index contributed by atoms with van der Waals surface area (Å²) in [7, 11) is 0. The highest BCUT2D eigenvalue weighted by Gasteiger charge is 2.13. The fourth-order valence-electron chi connectivity index (χ4n) is 3.29. The van der Waals surface area contributed by atoms with E-state index in [-0.39, 0.29) is 5.56 Å². The highest BCUT2D eigenvalue weighted by Crippen LogP contribution is 2.23. The molecule has 3 rings (SSSR count). The first kappa shape index (κ1) is 20.7. The van der Waals surface area contributed by atoms with Gasteiger partial charge >= 0.3 is 5.97 Å². The van der Waals surface area contributed by atoms with E-state index in [4.69, 9.17) is 10.1 Å². The summed E-state index contributed by atoms with van der Waals surface area (Å²) < 4.78 is 2.02. The molecule has 0 spiro atoms. The summed E-state index contributed by atoms with van der Waals surface area (Å²) in [6, 6.07) is 9.45. The number of unbranched alkanes of at least 4 members (excludes halogenated alkanes) is 2. The Morgan fingerprint density at radius 3 is 2.45 bits per heavy atom. The van der Waals surface area contributed by atoms with Gasteiger partial charge in [0.05, 0.1) is 12.1 Å². The van der Waals surface area contributed by atoms with Gasteiger partial charge in [-0.2, -0.15) is 5.10 Å². The van der Waals surface area contributed by atoms with Crippen molar-refractivity contribution in [3.63, 3.8) is 0 Å². The Hall–Kier alpha value is -3.02. The molecule has 0 unspecified atom stereocenters. The smallest absolute Gasteiger partial charge is 0.336 e. The molecule has 1 aromatic carbocycles. The second-order valence-corrected chi connectivity index (χ2v) is 7.23. The Kier molecular flexibility index (Phi) is 7.11. The number of benzene rings is 1. The lowest BCUT2D eigenvalue weighted by Crippen LogP contribution is -2.07. The molecule has 0 atom stereocenters. The van der Waals surface area contributed by atoms with Crippen LogP contribution in [0.1, 0.15) is 67.1 Å². The van der Waals surface area contributed by atoms with Crippen molar-refractivity contribution >= 4 is 5.97 Å². The van der Waals surface area contributed by atoms with Gasteiger partial charge in [-0.05, 0) is 30.0 Å². The Morgan fingerprint density at radius 1 is 1.03 bits per heavy atom. The summed E-state index contributed by atoms with van der Waals surface area (Å²) in [5.74, 6) is 1.02. The maximum Gasteiger partial charge on any atom is 0.336 e. The topological polar surface area (TPSA) is 80.9 Å². The quantitative estimate of drug-likeness (QED) is 0.537. The normalized spacial score (nSPS) is 11.0. The Morgan fingerprint density at radius 2 is 1.76 bits per heavy atom. The van der Waals surface area contributed by atoms with Crippen molar-refractivity contribution in [2.24, 2.45) is 0 Å². The summed E-state index contributed by atoms with van der Waals surface area (Å²) >= 11 is 0. The number of carboxylic acid groups (broad SMARTS) is 1. The third kappa shape index (κ3) is 5.28. The molecule has 3 aromatic rings. The van der Waals surface area contributed by atoms with Crippen LogP contribution in [-0.2, 0) is 19.4 Å². The van der Waals surface area contributed by atoms with E-state index < -0.39 is 5.97 Å². The molecule has 0 amide bonds. The van der Waals surface area contributed by atoms with E-state index in [1.165, 1.54) is 12.3 Å². The Balaban J connectivity index is 1.81. The number of hydrogen-bond donors (Lipinski definition) is 1. The van der Waals surface area contributed by atoms with E-state index in [1.807, 2.05) is 28.9 Å². The molecule has 6 heteroatoms.